The Labute approximate surface area is 128 Å². The summed E-state index contributed by atoms with van der Waals surface area (Å²) in [4.78, 5) is 6.52. The highest BCUT2D eigenvalue weighted by Crippen LogP contribution is 2.38. The van der Waals surface area contributed by atoms with Crippen LogP contribution in [0.1, 0.15) is 74.9 Å². The Hall–Kier alpha value is -0.410. The Bertz CT molecular complexity index is 411. The van der Waals surface area contributed by atoms with E-state index in [-0.39, 0.29) is 0 Å². The largest absolute Gasteiger partial charge is 0.312 e. The summed E-state index contributed by atoms with van der Waals surface area (Å²) in [7, 11) is 0. The van der Waals surface area contributed by atoms with Crippen LogP contribution >= 0.6 is 11.3 Å². The summed E-state index contributed by atoms with van der Waals surface area (Å²) in [6.07, 6.45) is 6.60. The molecular weight excluding hydrogens is 264 g/mol. The third kappa shape index (κ3) is 4.29. The van der Waals surface area contributed by atoms with Crippen LogP contribution in [0.25, 0.3) is 0 Å². The molecule has 0 saturated heterocycles. The standard InChI is InChI=1S/C17H30N2S/c1-5-18-11-16-15(9-12(2)3)19-17(20-16)14-8-6-7-13(4)10-14/h12-14,18H,5-11H2,1-4H3. The van der Waals surface area contributed by atoms with Crippen LogP contribution in [0.4, 0.5) is 0 Å². The van der Waals surface area contributed by atoms with Crippen LogP contribution in [0.2, 0.25) is 0 Å². The lowest BCUT2D eigenvalue weighted by Crippen LogP contribution is -2.12. The molecule has 0 spiro atoms. The van der Waals surface area contributed by atoms with Crippen molar-refractivity contribution in [3.05, 3.63) is 15.6 Å². The molecule has 2 nitrogen and oxygen atoms in total. The minimum absolute atomic E-state index is 0.690. The summed E-state index contributed by atoms with van der Waals surface area (Å²) in [5, 5.41) is 4.89. The third-order valence-electron chi connectivity index (χ3n) is 4.22. The van der Waals surface area contributed by atoms with Crippen molar-refractivity contribution in [2.24, 2.45) is 11.8 Å². The topological polar surface area (TPSA) is 24.9 Å². The number of thiazole rings is 1. The smallest absolute Gasteiger partial charge is 0.0962 e. The molecule has 2 unspecified atom stereocenters. The molecule has 3 heteroatoms. The molecule has 114 valence electrons. The Balaban J connectivity index is 2.14. The maximum absolute atomic E-state index is 5.04. The number of nitrogens with zero attached hydrogens (tertiary/aromatic N) is 1. The van der Waals surface area contributed by atoms with Gasteiger partial charge in [-0.15, -0.1) is 11.3 Å². The van der Waals surface area contributed by atoms with Gasteiger partial charge in [0.05, 0.1) is 10.7 Å². The van der Waals surface area contributed by atoms with Crippen LogP contribution in [-0.4, -0.2) is 11.5 Å². The predicted octanol–water partition coefficient (Wildman–Crippen LogP) is 4.74. The maximum Gasteiger partial charge on any atom is 0.0962 e. The summed E-state index contributed by atoms with van der Waals surface area (Å²) in [6.45, 7) is 11.2. The van der Waals surface area contributed by atoms with Crippen molar-refractivity contribution >= 4 is 11.3 Å². The minimum atomic E-state index is 0.690. The van der Waals surface area contributed by atoms with Crippen molar-refractivity contribution in [2.45, 2.75) is 72.3 Å². The van der Waals surface area contributed by atoms with Crippen LogP contribution in [0.3, 0.4) is 0 Å². The van der Waals surface area contributed by atoms with Crippen LogP contribution < -0.4 is 5.32 Å². The Morgan fingerprint density at radius 2 is 2.15 bits per heavy atom. The van der Waals surface area contributed by atoms with Gasteiger partial charge in [-0.05, 0) is 37.6 Å². The molecule has 1 aromatic rings. The average Bonchev–Trinajstić information content (AvgIpc) is 2.78. The molecule has 2 atom stereocenters. The van der Waals surface area contributed by atoms with Crippen LogP contribution in [0, 0.1) is 11.8 Å². The first-order chi connectivity index (χ1) is 9.60. The van der Waals surface area contributed by atoms with Gasteiger partial charge in [-0.2, -0.15) is 0 Å². The van der Waals surface area contributed by atoms with Crippen molar-refractivity contribution in [1.82, 2.24) is 10.3 Å². The number of nitrogens with one attached hydrogen (secondary N) is 1. The van der Waals surface area contributed by atoms with Crippen LogP contribution in [0.15, 0.2) is 0 Å². The minimum Gasteiger partial charge on any atom is -0.312 e. The van der Waals surface area contributed by atoms with E-state index in [2.05, 4.69) is 33.0 Å². The summed E-state index contributed by atoms with van der Waals surface area (Å²) in [6, 6.07) is 0. The molecule has 1 fully saturated rings. The van der Waals surface area contributed by atoms with Gasteiger partial charge < -0.3 is 5.32 Å². The average molecular weight is 295 g/mol. The molecule has 1 saturated carbocycles. The lowest BCUT2D eigenvalue weighted by Gasteiger charge is -2.24. The molecular formula is C17H30N2S. The molecule has 1 aliphatic rings. The molecule has 20 heavy (non-hydrogen) atoms. The molecule has 1 aliphatic carbocycles. The molecule has 2 rings (SSSR count). The molecule has 0 aromatic carbocycles. The Morgan fingerprint density at radius 3 is 2.80 bits per heavy atom. The van der Waals surface area contributed by atoms with Crippen LogP contribution in [0.5, 0.6) is 0 Å². The van der Waals surface area contributed by atoms with Crippen molar-refractivity contribution < 1.29 is 0 Å². The summed E-state index contributed by atoms with van der Waals surface area (Å²) in [5.41, 5.74) is 1.36. The highest BCUT2D eigenvalue weighted by atomic mass is 32.1. The predicted molar refractivity (Wildman–Crippen MR) is 88.4 cm³/mol. The molecule has 0 bridgehead atoms. The zero-order chi connectivity index (χ0) is 14.5. The highest BCUT2D eigenvalue weighted by Gasteiger charge is 2.24. The summed E-state index contributed by atoms with van der Waals surface area (Å²) in [5.74, 6) is 2.30. The second-order valence-electron chi connectivity index (χ2n) is 6.77. The lowest BCUT2D eigenvalue weighted by atomic mass is 9.83. The fourth-order valence-corrected chi connectivity index (χ4v) is 4.37. The lowest BCUT2D eigenvalue weighted by molar-refractivity contribution is 0.343. The third-order valence-corrected chi connectivity index (χ3v) is 5.48. The van der Waals surface area contributed by atoms with E-state index in [1.54, 1.807) is 0 Å². The van der Waals surface area contributed by atoms with Gasteiger partial charge in [-0.3, -0.25) is 0 Å². The van der Waals surface area contributed by atoms with Gasteiger partial charge in [0.2, 0.25) is 0 Å². The van der Waals surface area contributed by atoms with Crippen molar-refractivity contribution in [2.75, 3.05) is 6.54 Å². The summed E-state index contributed by atoms with van der Waals surface area (Å²) < 4.78 is 0. The second kappa shape index (κ2) is 7.56. The molecule has 0 amide bonds. The number of hydrogen-bond donors (Lipinski definition) is 1. The quantitative estimate of drug-likeness (QED) is 0.819. The second-order valence-corrected chi connectivity index (χ2v) is 7.88. The summed E-state index contributed by atoms with van der Waals surface area (Å²) >= 11 is 1.98. The number of rotatable bonds is 6. The Kier molecular flexibility index (Phi) is 6.03. The maximum atomic E-state index is 5.04. The van der Waals surface area contributed by atoms with E-state index in [4.69, 9.17) is 4.98 Å². The first-order valence-electron chi connectivity index (χ1n) is 8.29. The first-order valence-corrected chi connectivity index (χ1v) is 9.11. The van der Waals surface area contributed by atoms with Gasteiger partial charge in [0.1, 0.15) is 0 Å². The van der Waals surface area contributed by atoms with Gasteiger partial charge in [0.15, 0.2) is 0 Å². The van der Waals surface area contributed by atoms with E-state index in [1.165, 1.54) is 41.3 Å². The SMILES string of the molecule is CCNCc1sc(C2CCCC(C)C2)nc1CC(C)C. The van der Waals surface area contributed by atoms with E-state index >= 15 is 0 Å². The van der Waals surface area contributed by atoms with Gasteiger partial charge in [0, 0.05) is 17.3 Å². The van der Waals surface area contributed by atoms with Crippen LogP contribution in [-0.2, 0) is 13.0 Å². The van der Waals surface area contributed by atoms with Gasteiger partial charge in [-0.25, -0.2) is 4.98 Å². The number of aromatic nitrogens is 1. The monoisotopic (exact) mass is 294 g/mol. The molecule has 0 aliphatic heterocycles. The molecule has 1 heterocycles. The van der Waals surface area contributed by atoms with Gasteiger partial charge >= 0.3 is 0 Å². The van der Waals surface area contributed by atoms with Gasteiger partial charge in [-0.1, -0.05) is 40.5 Å². The highest BCUT2D eigenvalue weighted by molar-refractivity contribution is 7.11. The van der Waals surface area contributed by atoms with Gasteiger partial charge in [0.25, 0.3) is 0 Å². The van der Waals surface area contributed by atoms with E-state index < -0.39 is 0 Å². The van der Waals surface area contributed by atoms with Crippen molar-refractivity contribution in [3.63, 3.8) is 0 Å². The normalized spacial score (nSPS) is 23.4. The molecule has 0 radical (unpaired) electrons. The zero-order valence-electron chi connectivity index (χ0n) is 13.5. The number of hydrogen-bond acceptors (Lipinski definition) is 3. The van der Waals surface area contributed by atoms with E-state index in [0.29, 0.717) is 5.92 Å². The van der Waals surface area contributed by atoms with Crippen molar-refractivity contribution in [3.8, 4) is 0 Å². The van der Waals surface area contributed by atoms with Crippen molar-refractivity contribution in [1.29, 1.82) is 0 Å². The van der Waals surface area contributed by atoms with E-state index in [0.717, 1.165) is 31.3 Å². The van der Waals surface area contributed by atoms with E-state index in [1.807, 2.05) is 11.3 Å². The molecule has 1 aromatic heterocycles. The fourth-order valence-electron chi connectivity index (χ4n) is 3.16. The molecule has 1 N–H and O–H groups in total. The Morgan fingerprint density at radius 1 is 1.35 bits per heavy atom. The first kappa shape index (κ1) is 16.0. The van der Waals surface area contributed by atoms with E-state index in [9.17, 15) is 0 Å². The zero-order valence-corrected chi connectivity index (χ0v) is 14.4. The fraction of sp³-hybridized carbons (Fsp3) is 0.824.